The molecule has 2 aromatic carbocycles. The first-order valence-electron chi connectivity index (χ1n) is 8.79. The fourth-order valence-electron chi connectivity index (χ4n) is 2.97. The van der Waals surface area contributed by atoms with Gasteiger partial charge in [0.2, 0.25) is 5.75 Å². The Labute approximate surface area is 172 Å². The smallest absolute Gasteiger partial charge is 0.335 e. The number of imide groups is 2. The lowest BCUT2D eigenvalue weighted by Crippen LogP contribution is -2.54. The topological polar surface area (TPSA) is 103 Å². The molecular weight excluding hydrogens is 392 g/mol. The minimum atomic E-state index is -0.836. The average molecular weight is 412 g/mol. The highest BCUT2D eigenvalue weighted by molar-refractivity contribution is 6.39. The Balaban J connectivity index is 2.04. The van der Waals surface area contributed by atoms with Crippen molar-refractivity contribution in [3.05, 3.63) is 47.5 Å². The molecule has 30 heavy (non-hydrogen) atoms. The lowest BCUT2D eigenvalue weighted by atomic mass is 10.1. The number of benzene rings is 2. The van der Waals surface area contributed by atoms with Gasteiger partial charge in [-0.25, -0.2) is 9.69 Å². The van der Waals surface area contributed by atoms with Gasteiger partial charge >= 0.3 is 6.03 Å². The minimum absolute atomic E-state index is 0.223. The fraction of sp³-hybridized carbons (Fsp3) is 0.190. The number of carbonyl (C=O) groups is 3. The molecule has 0 bridgehead atoms. The number of hydrogen-bond acceptors (Lipinski definition) is 7. The van der Waals surface area contributed by atoms with Crippen LogP contribution in [-0.2, 0) is 9.59 Å². The molecule has 1 heterocycles. The number of carbonyl (C=O) groups excluding carboxylic acids is 3. The van der Waals surface area contributed by atoms with E-state index in [-0.39, 0.29) is 5.57 Å². The maximum atomic E-state index is 13.0. The average Bonchev–Trinajstić information content (AvgIpc) is 2.76. The monoisotopic (exact) mass is 412 g/mol. The Kier molecular flexibility index (Phi) is 5.91. The third kappa shape index (κ3) is 3.77. The van der Waals surface area contributed by atoms with Gasteiger partial charge < -0.3 is 18.9 Å². The molecule has 1 aliphatic heterocycles. The molecule has 9 heteroatoms. The third-order valence-corrected chi connectivity index (χ3v) is 4.43. The summed E-state index contributed by atoms with van der Waals surface area (Å²) < 4.78 is 21.0. The molecule has 3 rings (SSSR count). The van der Waals surface area contributed by atoms with Crippen LogP contribution < -0.4 is 29.2 Å². The molecule has 1 saturated heterocycles. The molecule has 1 fully saturated rings. The van der Waals surface area contributed by atoms with Crippen LogP contribution in [0.1, 0.15) is 5.56 Å². The first kappa shape index (κ1) is 20.7. The maximum absolute atomic E-state index is 13.0. The number of methoxy groups -OCH3 is 4. The normalized spacial score (nSPS) is 15.1. The summed E-state index contributed by atoms with van der Waals surface area (Å²) in [7, 11) is 5.88. The quantitative estimate of drug-likeness (QED) is 0.574. The van der Waals surface area contributed by atoms with Gasteiger partial charge in [-0.2, -0.15) is 0 Å². The molecule has 0 radical (unpaired) electrons. The van der Waals surface area contributed by atoms with Gasteiger partial charge in [-0.3, -0.25) is 14.9 Å². The number of nitrogens with one attached hydrogen (secondary N) is 1. The van der Waals surface area contributed by atoms with Crippen LogP contribution in [0.4, 0.5) is 10.5 Å². The molecule has 1 aliphatic rings. The molecule has 0 aromatic heterocycles. The van der Waals surface area contributed by atoms with Crippen LogP contribution in [0.5, 0.6) is 23.0 Å². The van der Waals surface area contributed by atoms with Crippen molar-refractivity contribution in [3.63, 3.8) is 0 Å². The molecule has 4 amide bonds. The number of amides is 4. The Morgan fingerprint density at radius 2 is 1.43 bits per heavy atom. The van der Waals surface area contributed by atoms with Crippen LogP contribution in [-0.4, -0.2) is 46.3 Å². The van der Waals surface area contributed by atoms with Crippen LogP contribution in [0.15, 0.2) is 42.0 Å². The fourth-order valence-corrected chi connectivity index (χ4v) is 2.97. The van der Waals surface area contributed by atoms with E-state index in [0.717, 1.165) is 4.90 Å². The van der Waals surface area contributed by atoms with Crippen LogP contribution in [0.25, 0.3) is 6.08 Å². The van der Waals surface area contributed by atoms with Crippen molar-refractivity contribution in [3.8, 4) is 23.0 Å². The van der Waals surface area contributed by atoms with E-state index in [4.69, 9.17) is 18.9 Å². The highest BCUT2D eigenvalue weighted by atomic mass is 16.5. The zero-order valence-electron chi connectivity index (χ0n) is 16.8. The highest BCUT2D eigenvalue weighted by Crippen LogP contribution is 2.39. The van der Waals surface area contributed by atoms with Gasteiger partial charge in [-0.1, -0.05) is 0 Å². The van der Waals surface area contributed by atoms with Gasteiger partial charge in [-0.05, 0) is 48.0 Å². The summed E-state index contributed by atoms with van der Waals surface area (Å²) in [5.74, 6) is 0.0848. The van der Waals surface area contributed by atoms with Gasteiger partial charge in [-0.15, -0.1) is 0 Å². The number of ether oxygens (including phenoxy) is 4. The van der Waals surface area contributed by atoms with E-state index < -0.39 is 17.8 Å². The van der Waals surface area contributed by atoms with Gasteiger partial charge in [0.25, 0.3) is 11.8 Å². The zero-order chi connectivity index (χ0) is 21.8. The van der Waals surface area contributed by atoms with E-state index >= 15 is 0 Å². The largest absolute Gasteiger partial charge is 0.497 e. The van der Waals surface area contributed by atoms with Crippen molar-refractivity contribution in [1.82, 2.24) is 5.32 Å². The first-order chi connectivity index (χ1) is 14.4. The van der Waals surface area contributed by atoms with Crippen LogP contribution in [0.2, 0.25) is 0 Å². The molecule has 0 unspecified atom stereocenters. The predicted molar refractivity (Wildman–Crippen MR) is 108 cm³/mol. The van der Waals surface area contributed by atoms with Crippen molar-refractivity contribution >= 4 is 29.6 Å². The van der Waals surface area contributed by atoms with E-state index in [9.17, 15) is 14.4 Å². The van der Waals surface area contributed by atoms with Gasteiger partial charge in [0.1, 0.15) is 11.3 Å². The summed E-state index contributed by atoms with van der Waals surface area (Å²) in [6, 6.07) is 8.64. The molecule has 9 nitrogen and oxygen atoms in total. The van der Waals surface area contributed by atoms with E-state index in [2.05, 4.69) is 5.32 Å². The Morgan fingerprint density at radius 3 is 1.93 bits per heavy atom. The molecule has 1 N–H and O–H groups in total. The number of urea groups is 1. The van der Waals surface area contributed by atoms with Crippen molar-refractivity contribution in [2.24, 2.45) is 0 Å². The van der Waals surface area contributed by atoms with Crippen LogP contribution in [0, 0.1) is 0 Å². The Morgan fingerprint density at radius 1 is 0.833 bits per heavy atom. The summed E-state index contributed by atoms with van der Waals surface area (Å²) in [5.41, 5.74) is 0.522. The maximum Gasteiger partial charge on any atom is 0.335 e. The molecule has 0 spiro atoms. The van der Waals surface area contributed by atoms with Crippen molar-refractivity contribution < 1.29 is 33.3 Å². The van der Waals surface area contributed by atoms with E-state index in [0.29, 0.717) is 34.2 Å². The van der Waals surface area contributed by atoms with Crippen molar-refractivity contribution in [2.75, 3.05) is 33.3 Å². The Bertz CT molecular complexity index is 1000. The second kappa shape index (κ2) is 8.56. The first-order valence-corrected chi connectivity index (χ1v) is 8.79. The van der Waals surface area contributed by atoms with Crippen molar-refractivity contribution in [2.45, 2.75) is 0 Å². The summed E-state index contributed by atoms with van der Waals surface area (Å²) in [5, 5.41) is 2.18. The highest BCUT2D eigenvalue weighted by Gasteiger charge is 2.36. The SMILES string of the molecule is COc1ccc(N2C(=O)NC(=O)C(=Cc3cc(OC)c(OC)c(OC)c3)C2=O)cc1. The lowest BCUT2D eigenvalue weighted by Gasteiger charge is -2.26. The van der Waals surface area contributed by atoms with Crippen LogP contribution >= 0.6 is 0 Å². The van der Waals surface area contributed by atoms with Gasteiger partial charge in [0, 0.05) is 0 Å². The second-order valence-electron chi connectivity index (χ2n) is 6.11. The van der Waals surface area contributed by atoms with Crippen LogP contribution in [0.3, 0.4) is 0 Å². The number of barbiturate groups is 1. The van der Waals surface area contributed by atoms with E-state index in [1.165, 1.54) is 34.5 Å². The molecular formula is C21H20N2O7. The molecule has 0 aliphatic carbocycles. The predicted octanol–water partition coefficient (Wildman–Crippen LogP) is 2.39. The number of anilines is 1. The number of hydrogen-bond donors (Lipinski definition) is 1. The lowest BCUT2D eigenvalue weighted by molar-refractivity contribution is -0.122. The van der Waals surface area contributed by atoms with Gasteiger partial charge in [0.05, 0.1) is 34.1 Å². The number of rotatable bonds is 6. The van der Waals surface area contributed by atoms with E-state index in [1.807, 2.05) is 0 Å². The molecule has 2 aromatic rings. The Hall–Kier alpha value is -4.01. The summed E-state index contributed by atoms with van der Waals surface area (Å²) in [4.78, 5) is 38.6. The summed E-state index contributed by atoms with van der Waals surface area (Å²) in [6.07, 6.45) is 1.35. The van der Waals surface area contributed by atoms with E-state index in [1.54, 1.807) is 36.4 Å². The summed E-state index contributed by atoms with van der Waals surface area (Å²) >= 11 is 0. The number of nitrogens with zero attached hydrogens (tertiary/aromatic N) is 1. The van der Waals surface area contributed by atoms with Gasteiger partial charge in [0.15, 0.2) is 11.5 Å². The molecule has 0 saturated carbocycles. The summed E-state index contributed by atoms with van der Waals surface area (Å²) in [6.45, 7) is 0. The minimum Gasteiger partial charge on any atom is -0.497 e. The molecule has 0 atom stereocenters. The zero-order valence-corrected chi connectivity index (χ0v) is 16.8. The standard InChI is InChI=1S/C21H20N2O7/c1-27-14-7-5-13(6-8-14)23-20(25)15(19(24)22-21(23)26)9-12-10-16(28-2)18(30-4)17(11-12)29-3/h5-11H,1-4H3,(H,22,24,26). The molecule has 156 valence electrons. The second-order valence-corrected chi connectivity index (χ2v) is 6.11. The third-order valence-electron chi connectivity index (χ3n) is 4.43. The van der Waals surface area contributed by atoms with Crippen molar-refractivity contribution in [1.29, 1.82) is 0 Å².